The first-order valence-electron chi connectivity index (χ1n) is 16.6. The number of amides is 1. The third kappa shape index (κ3) is 8.50. The molecule has 2 aromatic carbocycles. The first-order chi connectivity index (χ1) is 23.9. The van der Waals surface area contributed by atoms with Crippen LogP contribution in [0.3, 0.4) is 0 Å². The van der Waals surface area contributed by atoms with Gasteiger partial charge in [0.25, 0.3) is 5.91 Å². The minimum absolute atomic E-state index is 0.0840. The summed E-state index contributed by atoms with van der Waals surface area (Å²) in [6.07, 6.45) is 10.1. The highest BCUT2D eigenvalue weighted by molar-refractivity contribution is 6.10. The number of anilines is 2. The average Bonchev–Trinajstić information content (AvgIpc) is 3.13. The number of aromatic nitrogens is 2. The van der Waals surface area contributed by atoms with Crippen LogP contribution in [0, 0.1) is 12.8 Å². The SMILES string of the molecule is Cc1ccc(-c2cn(CC3CCOCC3)cc(C(=O)Nc3ccc(-c4cc(C(C=NC[C@H]5COCCO5)=CN)cnc4N)cc3)c2=O)cc1. The van der Waals surface area contributed by atoms with Gasteiger partial charge in [0.1, 0.15) is 17.5 Å². The lowest BCUT2D eigenvalue weighted by atomic mass is 9.99. The topological polar surface area (TPSA) is 156 Å². The number of hydrogen-bond donors (Lipinski definition) is 3. The lowest BCUT2D eigenvalue weighted by Gasteiger charge is -2.23. The fourth-order valence-electron chi connectivity index (χ4n) is 5.98. The molecule has 0 radical (unpaired) electrons. The van der Waals surface area contributed by atoms with Crippen molar-refractivity contribution in [1.29, 1.82) is 0 Å². The number of nitrogens with zero attached hydrogens (tertiary/aromatic N) is 3. The minimum atomic E-state index is -0.474. The number of rotatable bonds is 10. The smallest absolute Gasteiger partial charge is 0.261 e. The Labute approximate surface area is 285 Å². The number of allylic oxidation sites excluding steroid dienone is 1. The number of aliphatic imine (C=N–C) groups is 1. The molecule has 4 aromatic rings. The third-order valence-electron chi connectivity index (χ3n) is 8.81. The van der Waals surface area contributed by atoms with Crippen LogP contribution in [0.2, 0.25) is 0 Å². The number of ether oxygens (including phenoxy) is 3. The molecule has 4 heterocycles. The van der Waals surface area contributed by atoms with E-state index in [9.17, 15) is 9.59 Å². The predicted molar refractivity (Wildman–Crippen MR) is 193 cm³/mol. The van der Waals surface area contributed by atoms with Gasteiger partial charge in [-0.1, -0.05) is 42.0 Å². The second-order valence-electron chi connectivity index (χ2n) is 12.4. The van der Waals surface area contributed by atoms with E-state index in [1.807, 2.05) is 60.2 Å². The Bertz CT molecular complexity index is 1870. The van der Waals surface area contributed by atoms with Crippen molar-refractivity contribution < 1.29 is 19.0 Å². The quantitative estimate of drug-likeness (QED) is 0.202. The Balaban J connectivity index is 1.20. The number of carbonyl (C=O) groups is 1. The van der Waals surface area contributed by atoms with Crippen LogP contribution in [0.25, 0.3) is 27.8 Å². The first-order valence-corrected chi connectivity index (χ1v) is 16.6. The zero-order valence-electron chi connectivity index (χ0n) is 27.6. The largest absolute Gasteiger partial charge is 0.404 e. The van der Waals surface area contributed by atoms with Gasteiger partial charge in [-0.25, -0.2) is 4.98 Å². The van der Waals surface area contributed by atoms with Gasteiger partial charge in [0.2, 0.25) is 5.43 Å². The Morgan fingerprint density at radius 2 is 1.73 bits per heavy atom. The zero-order valence-corrected chi connectivity index (χ0v) is 27.6. The second-order valence-corrected chi connectivity index (χ2v) is 12.4. The zero-order chi connectivity index (χ0) is 34.2. The summed E-state index contributed by atoms with van der Waals surface area (Å²) in [6.45, 7) is 6.26. The molecule has 6 rings (SSSR count). The van der Waals surface area contributed by atoms with E-state index in [0.29, 0.717) is 67.0 Å². The van der Waals surface area contributed by atoms with Crippen molar-refractivity contribution >= 4 is 29.2 Å². The van der Waals surface area contributed by atoms with Gasteiger partial charge in [-0.3, -0.25) is 14.6 Å². The number of nitrogen functional groups attached to an aromatic ring is 1. The van der Waals surface area contributed by atoms with Crippen molar-refractivity contribution in [3.63, 3.8) is 0 Å². The van der Waals surface area contributed by atoms with Gasteiger partial charge in [-0.15, -0.1) is 0 Å². The summed E-state index contributed by atoms with van der Waals surface area (Å²) in [4.78, 5) is 36.2. The summed E-state index contributed by atoms with van der Waals surface area (Å²) in [5.41, 5.74) is 17.8. The summed E-state index contributed by atoms with van der Waals surface area (Å²) in [6, 6.07) is 16.9. The number of pyridine rings is 2. The van der Waals surface area contributed by atoms with Crippen LogP contribution in [-0.2, 0) is 20.8 Å². The van der Waals surface area contributed by atoms with Gasteiger partial charge in [0.15, 0.2) is 0 Å². The van der Waals surface area contributed by atoms with Crippen molar-refractivity contribution in [1.82, 2.24) is 9.55 Å². The van der Waals surface area contributed by atoms with E-state index in [1.54, 1.807) is 30.7 Å². The predicted octanol–water partition coefficient (Wildman–Crippen LogP) is 4.93. The van der Waals surface area contributed by atoms with Gasteiger partial charge < -0.3 is 35.6 Å². The molecule has 0 unspecified atom stereocenters. The van der Waals surface area contributed by atoms with Crippen LogP contribution < -0.4 is 22.2 Å². The van der Waals surface area contributed by atoms with Gasteiger partial charge in [0.05, 0.1) is 26.4 Å². The van der Waals surface area contributed by atoms with Crippen LogP contribution in [0.4, 0.5) is 11.5 Å². The Morgan fingerprint density at radius 1 is 1.00 bits per heavy atom. The highest BCUT2D eigenvalue weighted by Crippen LogP contribution is 2.29. The van der Waals surface area contributed by atoms with E-state index < -0.39 is 5.91 Å². The summed E-state index contributed by atoms with van der Waals surface area (Å²) in [5, 5.41) is 2.92. The van der Waals surface area contributed by atoms with Gasteiger partial charge in [0, 0.05) is 78.7 Å². The Morgan fingerprint density at radius 3 is 2.45 bits per heavy atom. The number of hydrogen-bond acceptors (Lipinski definition) is 9. The molecule has 11 heteroatoms. The number of nitrogens with two attached hydrogens (primary N) is 2. The fraction of sp³-hybridized carbons (Fsp3) is 0.316. The normalized spacial score (nSPS) is 17.3. The molecular weight excluding hydrogens is 620 g/mol. The molecule has 2 aliphatic heterocycles. The molecule has 2 saturated heterocycles. The van der Waals surface area contributed by atoms with E-state index in [-0.39, 0.29) is 17.1 Å². The molecular formula is C38H42N6O5. The number of nitrogens with one attached hydrogen (secondary N) is 1. The summed E-state index contributed by atoms with van der Waals surface area (Å²) < 4.78 is 18.6. The number of aryl methyl sites for hydroxylation is 1. The van der Waals surface area contributed by atoms with Crippen LogP contribution in [-0.4, -0.2) is 67.4 Å². The highest BCUT2D eigenvalue weighted by atomic mass is 16.6. The Kier molecular flexibility index (Phi) is 10.9. The van der Waals surface area contributed by atoms with Gasteiger partial charge in [-0.2, -0.15) is 0 Å². The van der Waals surface area contributed by atoms with Crippen molar-refractivity contribution in [3.8, 4) is 22.3 Å². The monoisotopic (exact) mass is 662 g/mol. The van der Waals surface area contributed by atoms with E-state index >= 15 is 0 Å². The third-order valence-corrected chi connectivity index (χ3v) is 8.81. The molecule has 0 saturated carbocycles. The fourth-order valence-corrected chi connectivity index (χ4v) is 5.98. The van der Waals surface area contributed by atoms with E-state index in [2.05, 4.69) is 15.3 Å². The minimum Gasteiger partial charge on any atom is -0.404 e. The van der Waals surface area contributed by atoms with Crippen LogP contribution in [0.1, 0.15) is 34.3 Å². The summed E-state index contributed by atoms with van der Waals surface area (Å²) in [7, 11) is 0. The Hall–Kier alpha value is -5.10. The maximum absolute atomic E-state index is 13.7. The van der Waals surface area contributed by atoms with Crippen molar-refractivity contribution in [2.75, 3.05) is 50.6 Å². The number of benzene rings is 2. The van der Waals surface area contributed by atoms with Crippen LogP contribution >= 0.6 is 0 Å². The molecule has 254 valence electrons. The molecule has 1 amide bonds. The molecule has 2 fully saturated rings. The van der Waals surface area contributed by atoms with Gasteiger partial charge >= 0.3 is 0 Å². The van der Waals surface area contributed by atoms with Gasteiger partial charge in [-0.05, 0) is 55.0 Å². The van der Waals surface area contributed by atoms with Crippen molar-refractivity contribution in [2.24, 2.45) is 16.6 Å². The van der Waals surface area contributed by atoms with Crippen LogP contribution in [0.5, 0.6) is 0 Å². The second kappa shape index (κ2) is 15.9. The average molecular weight is 663 g/mol. The molecule has 2 aromatic heterocycles. The molecule has 0 bridgehead atoms. The molecule has 0 spiro atoms. The molecule has 11 nitrogen and oxygen atoms in total. The lowest BCUT2D eigenvalue weighted by Crippen LogP contribution is -2.30. The standard InChI is InChI=1S/C38H42N6O5/c1-25-2-4-28(5-3-25)34-22-44(21-26-10-12-47-13-11-26)23-35(36(34)45)38(46)43-31-8-6-27(7-9-31)33-16-29(19-42-37(33)40)30(17-39)18-41-20-32-24-48-14-15-49-32/h2-9,16-19,22-23,26,32H,10-15,20-21,24,39H2,1H3,(H2,40,42)(H,43,46)/t32-/m0/s1. The first kappa shape index (κ1) is 33.8. The summed E-state index contributed by atoms with van der Waals surface area (Å²) >= 11 is 0. The molecule has 0 aliphatic carbocycles. The van der Waals surface area contributed by atoms with E-state index in [1.165, 1.54) is 6.20 Å². The van der Waals surface area contributed by atoms with E-state index in [4.69, 9.17) is 25.7 Å². The maximum atomic E-state index is 13.7. The molecule has 5 N–H and O–H groups in total. The maximum Gasteiger partial charge on any atom is 0.261 e. The summed E-state index contributed by atoms with van der Waals surface area (Å²) in [5.74, 6) is 0.276. The van der Waals surface area contributed by atoms with Crippen LogP contribution in [0.15, 0.2) is 89.2 Å². The number of carbonyl (C=O) groups excluding carboxylic acids is 1. The highest BCUT2D eigenvalue weighted by Gasteiger charge is 2.20. The lowest BCUT2D eigenvalue weighted by molar-refractivity contribution is -0.0832. The molecule has 1 atom stereocenters. The van der Waals surface area contributed by atoms with Crippen molar-refractivity contribution in [3.05, 3.63) is 106 Å². The van der Waals surface area contributed by atoms with Crippen molar-refractivity contribution in [2.45, 2.75) is 32.4 Å². The molecule has 49 heavy (non-hydrogen) atoms. The van der Waals surface area contributed by atoms with E-state index in [0.717, 1.165) is 48.3 Å². The molecule has 2 aliphatic rings.